The summed E-state index contributed by atoms with van der Waals surface area (Å²) in [4.78, 5) is 2.37. The summed E-state index contributed by atoms with van der Waals surface area (Å²) < 4.78 is 0. The zero-order valence-electron chi connectivity index (χ0n) is 10.2. The molecule has 0 radical (unpaired) electrons. The minimum Gasteiger partial charge on any atom is -0.296 e. The van der Waals surface area contributed by atoms with E-state index in [-0.39, 0.29) is 6.04 Å². The Kier molecular flexibility index (Phi) is 5.60. The Labute approximate surface area is 98.5 Å². The maximum Gasteiger partial charge on any atom is 0.0641 e. The molecule has 0 aromatic heterocycles. The van der Waals surface area contributed by atoms with E-state index in [1.165, 1.54) is 5.56 Å². The van der Waals surface area contributed by atoms with Gasteiger partial charge in [0, 0.05) is 6.04 Å². The molecule has 0 N–H and O–H groups in total. The predicted molar refractivity (Wildman–Crippen MR) is 67.0 cm³/mol. The minimum atomic E-state index is 0.246. The first kappa shape index (κ1) is 12.7. The molecule has 1 aromatic rings. The first-order valence-corrected chi connectivity index (χ1v) is 5.99. The zero-order chi connectivity index (χ0) is 11.8. The zero-order valence-corrected chi connectivity index (χ0v) is 10.2. The van der Waals surface area contributed by atoms with Crippen molar-refractivity contribution in [2.24, 2.45) is 0 Å². The molecular weight excluding hydrogens is 196 g/mol. The molecule has 2 heteroatoms. The topological polar surface area (TPSA) is 27.0 Å². The highest BCUT2D eigenvalue weighted by atomic mass is 15.1. The van der Waals surface area contributed by atoms with Crippen LogP contribution in [0.15, 0.2) is 30.3 Å². The van der Waals surface area contributed by atoms with E-state index < -0.39 is 0 Å². The van der Waals surface area contributed by atoms with Gasteiger partial charge in [-0.15, -0.1) is 0 Å². The highest BCUT2D eigenvalue weighted by Crippen LogP contribution is 2.23. The Hall–Kier alpha value is -1.33. The van der Waals surface area contributed by atoms with Crippen molar-refractivity contribution in [3.63, 3.8) is 0 Å². The van der Waals surface area contributed by atoms with Gasteiger partial charge in [-0.05, 0) is 25.1 Å². The third kappa shape index (κ3) is 3.36. The van der Waals surface area contributed by atoms with Crippen LogP contribution in [0.3, 0.4) is 0 Å². The van der Waals surface area contributed by atoms with Crippen LogP contribution in [0.5, 0.6) is 0 Å². The van der Waals surface area contributed by atoms with Crippen molar-refractivity contribution in [1.82, 2.24) is 4.90 Å². The molecule has 0 fully saturated rings. The van der Waals surface area contributed by atoms with E-state index >= 15 is 0 Å². The summed E-state index contributed by atoms with van der Waals surface area (Å²) in [6.07, 6.45) is 1.69. The van der Waals surface area contributed by atoms with Gasteiger partial charge < -0.3 is 0 Å². The summed E-state index contributed by atoms with van der Waals surface area (Å²) in [6, 6.07) is 12.9. The summed E-state index contributed by atoms with van der Waals surface area (Å²) in [6.45, 7) is 6.38. The second-order valence-electron chi connectivity index (χ2n) is 3.92. The van der Waals surface area contributed by atoms with Gasteiger partial charge in [0.1, 0.15) is 0 Å². The Morgan fingerprint density at radius 3 is 2.44 bits per heavy atom. The third-order valence-electron chi connectivity index (χ3n) is 2.83. The standard InChI is InChI=1S/C14H20N2/c1-3-12-16(4-2)14(10-11-15)13-8-6-5-7-9-13/h5-9,14H,3-4,10,12H2,1-2H3. The van der Waals surface area contributed by atoms with Crippen LogP contribution in [0.25, 0.3) is 0 Å². The molecule has 1 aromatic carbocycles. The maximum absolute atomic E-state index is 8.93. The largest absolute Gasteiger partial charge is 0.296 e. The molecule has 0 aliphatic rings. The van der Waals surface area contributed by atoms with Crippen molar-refractivity contribution >= 4 is 0 Å². The Morgan fingerprint density at radius 1 is 1.25 bits per heavy atom. The van der Waals surface area contributed by atoms with Crippen molar-refractivity contribution in [2.45, 2.75) is 32.7 Å². The van der Waals surface area contributed by atoms with Crippen LogP contribution < -0.4 is 0 Å². The second kappa shape index (κ2) is 7.03. The second-order valence-corrected chi connectivity index (χ2v) is 3.92. The van der Waals surface area contributed by atoms with E-state index in [0.717, 1.165) is 19.5 Å². The molecule has 0 heterocycles. The first-order chi connectivity index (χ1) is 7.83. The summed E-state index contributed by atoms with van der Waals surface area (Å²) >= 11 is 0. The van der Waals surface area contributed by atoms with E-state index in [0.29, 0.717) is 6.42 Å². The van der Waals surface area contributed by atoms with Gasteiger partial charge in [-0.3, -0.25) is 4.90 Å². The molecule has 16 heavy (non-hydrogen) atoms. The molecule has 0 saturated carbocycles. The molecule has 0 bridgehead atoms. The summed E-state index contributed by atoms with van der Waals surface area (Å²) in [7, 11) is 0. The van der Waals surface area contributed by atoms with Crippen LogP contribution in [0.4, 0.5) is 0 Å². The van der Waals surface area contributed by atoms with Gasteiger partial charge >= 0.3 is 0 Å². The number of rotatable bonds is 6. The fourth-order valence-corrected chi connectivity index (χ4v) is 2.04. The molecule has 2 nitrogen and oxygen atoms in total. The molecule has 0 saturated heterocycles. The molecule has 1 unspecified atom stereocenters. The molecule has 0 aliphatic heterocycles. The predicted octanol–water partition coefficient (Wildman–Crippen LogP) is 3.37. The van der Waals surface area contributed by atoms with Gasteiger partial charge in [-0.2, -0.15) is 5.26 Å². The Balaban J connectivity index is 2.85. The summed E-state index contributed by atoms with van der Waals surface area (Å²) in [5.74, 6) is 0. The number of nitriles is 1. The minimum absolute atomic E-state index is 0.246. The van der Waals surface area contributed by atoms with Gasteiger partial charge in [0.15, 0.2) is 0 Å². The van der Waals surface area contributed by atoms with E-state index in [4.69, 9.17) is 5.26 Å². The maximum atomic E-state index is 8.93. The van der Waals surface area contributed by atoms with Gasteiger partial charge in [0.05, 0.1) is 12.5 Å². The molecular formula is C14H20N2. The fourth-order valence-electron chi connectivity index (χ4n) is 2.04. The van der Waals surface area contributed by atoms with Gasteiger partial charge in [0.25, 0.3) is 0 Å². The van der Waals surface area contributed by atoms with Gasteiger partial charge in [-0.1, -0.05) is 44.2 Å². The molecule has 0 aliphatic carbocycles. The van der Waals surface area contributed by atoms with Crippen molar-refractivity contribution in [3.8, 4) is 6.07 Å². The van der Waals surface area contributed by atoms with Crippen molar-refractivity contribution in [3.05, 3.63) is 35.9 Å². The molecule has 0 amide bonds. The number of hydrogen-bond acceptors (Lipinski definition) is 2. The van der Waals surface area contributed by atoms with Crippen LogP contribution in [0.2, 0.25) is 0 Å². The monoisotopic (exact) mass is 216 g/mol. The summed E-state index contributed by atoms with van der Waals surface area (Å²) in [5, 5.41) is 8.93. The average Bonchev–Trinajstić information content (AvgIpc) is 2.35. The number of nitrogens with zero attached hydrogens (tertiary/aromatic N) is 2. The lowest BCUT2D eigenvalue weighted by molar-refractivity contribution is 0.210. The average molecular weight is 216 g/mol. The lowest BCUT2D eigenvalue weighted by Gasteiger charge is -2.29. The van der Waals surface area contributed by atoms with E-state index in [2.05, 4.69) is 36.9 Å². The highest BCUT2D eigenvalue weighted by Gasteiger charge is 2.17. The quantitative estimate of drug-likeness (QED) is 0.729. The van der Waals surface area contributed by atoms with Crippen molar-refractivity contribution in [1.29, 1.82) is 5.26 Å². The van der Waals surface area contributed by atoms with Crippen LogP contribution in [0.1, 0.15) is 38.3 Å². The normalized spacial score (nSPS) is 12.4. The van der Waals surface area contributed by atoms with E-state index in [1.807, 2.05) is 18.2 Å². The molecule has 1 atom stereocenters. The van der Waals surface area contributed by atoms with Crippen LogP contribution in [-0.2, 0) is 0 Å². The molecule has 0 spiro atoms. The fraction of sp³-hybridized carbons (Fsp3) is 0.500. The highest BCUT2D eigenvalue weighted by molar-refractivity contribution is 5.20. The SMILES string of the molecule is CCCN(CC)C(CC#N)c1ccccc1. The van der Waals surface area contributed by atoms with Gasteiger partial charge in [-0.25, -0.2) is 0 Å². The number of hydrogen-bond donors (Lipinski definition) is 0. The van der Waals surface area contributed by atoms with Gasteiger partial charge in [0.2, 0.25) is 0 Å². The lowest BCUT2D eigenvalue weighted by Crippen LogP contribution is -2.29. The number of benzene rings is 1. The van der Waals surface area contributed by atoms with Crippen LogP contribution in [-0.4, -0.2) is 18.0 Å². The Morgan fingerprint density at radius 2 is 1.94 bits per heavy atom. The Bertz CT molecular complexity index is 326. The van der Waals surface area contributed by atoms with Crippen molar-refractivity contribution in [2.75, 3.05) is 13.1 Å². The van der Waals surface area contributed by atoms with Crippen LogP contribution in [0, 0.1) is 11.3 Å². The third-order valence-corrected chi connectivity index (χ3v) is 2.83. The van der Waals surface area contributed by atoms with E-state index in [1.54, 1.807) is 0 Å². The van der Waals surface area contributed by atoms with E-state index in [9.17, 15) is 0 Å². The molecule has 1 rings (SSSR count). The first-order valence-electron chi connectivity index (χ1n) is 5.99. The summed E-state index contributed by atoms with van der Waals surface area (Å²) in [5.41, 5.74) is 1.25. The van der Waals surface area contributed by atoms with Crippen molar-refractivity contribution < 1.29 is 0 Å². The molecule has 86 valence electrons. The smallest absolute Gasteiger partial charge is 0.0641 e. The lowest BCUT2D eigenvalue weighted by atomic mass is 10.0. The van der Waals surface area contributed by atoms with Crippen LogP contribution >= 0.6 is 0 Å².